The molecule has 1 saturated heterocycles. The second-order valence-electron chi connectivity index (χ2n) is 6.24. The largest absolute Gasteiger partial charge is 0.387 e. The third-order valence-electron chi connectivity index (χ3n) is 4.18. The second-order valence-corrected chi connectivity index (χ2v) is 6.24. The molecule has 1 unspecified atom stereocenters. The number of likely N-dealkylation sites (tertiary alicyclic amines) is 1. The van der Waals surface area contributed by atoms with Gasteiger partial charge in [-0.25, -0.2) is 4.39 Å². The van der Waals surface area contributed by atoms with Crippen LogP contribution in [0.1, 0.15) is 32.4 Å². The van der Waals surface area contributed by atoms with Gasteiger partial charge in [-0.3, -0.25) is 9.69 Å². The van der Waals surface area contributed by atoms with Gasteiger partial charge in [0, 0.05) is 13.1 Å². The third kappa shape index (κ3) is 3.80. The molecular formula is C16H23FN2O2. The Labute approximate surface area is 125 Å². The fourth-order valence-corrected chi connectivity index (χ4v) is 2.53. The summed E-state index contributed by atoms with van der Waals surface area (Å²) in [6.45, 7) is 7.17. The number of aliphatic hydroxyl groups is 1. The van der Waals surface area contributed by atoms with Gasteiger partial charge in [-0.2, -0.15) is 0 Å². The van der Waals surface area contributed by atoms with Crippen molar-refractivity contribution in [3.05, 3.63) is 35.6 Å². The Kier molecular flexibility index (Phi) is 4.64. The molecule has 0 radical (unpaired) electrons. The number of nitrogens with one attached hydrogen (secondary N) is 1. The zero-order chi connectivity index (χ0) is 15.6. The summed E-state index contributed by atoms with van der Waals surface area (Å²) in [4.78, 5) is 13.9. The molecule has 21 heavy (non-hydrogen) atoms. The minimum absolute atomic E-state index is 0.0855. The number of halogens is 1. The first-order valence-electron chi connectivity index (χ1n) is 7.30. The predicted octanol–water partition coefficient (Wildman–Crippen LogP) is 1.71. The Bertz CT molecular complexity index is 496. The first-order chi connectivity index (χ1) is 9.80. The van der Waals surface area contributed by atoms with E-state index in [1.165, 1.54) is 12.1 Å². The number of amides is 1. The standard InChI is InChI=1S/C16H23FN2O2/c1-11(2)16(21)9-19(10-16)8-15(20)18-12(3)13-4-6-14(17)7-5-13/h4-7,11-12,21H,8-10H2,1-3H3,(H,18,20). The summed E-state index contributed by atoms with van der Waals surface area (Å²) in [5.41, 5.74) is 0.204. The van der Waals surface area contributed by atoms with E-state index in [1.54, 1.807) is 12.1 Å². The molecule has 0 spiro atoms. The number of carbonyl (C=O) groups is 1. The molecule has 0 saturated carbocycles. The minimum atomic E-state index is -0.664. The number of rotatable bonds is 5. The Morgan fingerprint density at radius 1 is 1.33 bits per heavy atom. The van der Waals surface area contributed by atoms with Crippen LogP contribution in [0.4, 0.5) is 4.39 Å². The van der Waals surface area contributed by atoms with Gasteiger partial charge in [0.25, 0.3) is 0 Å². The van der Waals surface area contributed by atoms with Gasteiger partial charge in [-0.05, 0) is 30.5 Å². The average molecular weight is 294 g/mol. The van der Waals surface area contributed by atoms with Gasteiger partial charge in [0.2, 0.25) is 5.91 Å². The van der Waals surface area contributed by atoms with Crippen LogP contribution in [0.15, 0.2) is 24.3 Å². The smallest absolute Gasteiger partial charge is 0.234 e. The van der Waals surface area contributed by atoms with Gasteiger partial charge in [-0.15, -0.1) is 0 Å². The van der Waals surface area contributed by atoms with E-state index in [0.717, 1.165) is 5.56 Å². The van der Waals surface area contributed by atoms with Gasteiger partial charge in [0.1, 0.15) is 5.82 Å². The van der Waals surface area contributed by atoms with Crippen LogP contribution < -0.4 is 5.32 Å². The lowest BCUT2D eigenvalue weighted by atomic mass is 9.83. The molecule has 1 fully saturated rings. The second kappa shape index (κ2) is 6.12. The van der Waals surface area contributed by atoms with Gasteiger partial charge in [0.05, 0.1) is 18.2 Å². The highest BCUT2D eigenvalue weighted by Crippen LogP contribution is 2.28. The molecule has 116 valence electrons. The number of benzene rings is 1. The summed E-state index contributed by atoms with van der Waals surface area (Å²) < 4.78 is 12.9. The molecule has 2 rings (SSSR count). The molecule has 1 aromatic carbocycles. The predicted molar refractivity (Wildman–Crippen MR) is 79.2 cm³/mol. The number of carbonyl (C=O) groups excluding carboxylic acids is 1. The minimum Gasteiger partial charge on any atom is -0.387 e. The Morgan fingerprint density at radius 2 is 1.90 bits per heavy atom. The molecular weight excluding hydrogens is 271 g/mol. The van der Waals surface area contributed by atoms with Crippen molar-refractivity contribution in [2.24, 2.45) is 5.92 Å². The summed E-state index contributed by atoms with van der Waals surface area (Å²) in [6, 6.07) is 5.94. The molecule has 0 bridgehead atoms. The number of hydrogen-bond donors (Lipinski definition) is 2. The first-order valence-corrected chi connectivity index (χ1v) is 7.30. The van der Waals surface area contributed by atoms with E-state index in [4.69, 9.17) is 0 Å². The molecule has 5 heteroatoms. The normalized spacial score (nSPS) is 19.1. The Morgan fingerprint density at radius 3 is 2.43 bits per heavy atom. The maximum Gasteiger partial charge on any atom is 0.234 e. The lowest BCUT2D eigenvalue weighted by Gasteiger charge is -2.48. The maximum atomic E-state index is 12.9. The van der Waals surface area contributed by atoms with E-state index in [-0.39, 0.29) is 30.2 Å². The zero-order valence-electron chi connectivity index (χ0n) is 12.8. The van der Waals surface area contributed by atoms with Crippen molar-refractivity contribution in [1.82, 2.24) is 10.2 Å². The fraction of sp³-hybridized carbons (Fsp3) is 0.562. The topological polar surface area (TPSA) is 52.6 Å². The molecule has 1 atom stereocenters. The van der Waals surface area contributed by atoms with E-state index in [0.29, 0.717) is 13.1 Å². The summed E-state index contributed by atoms with van der Waals surface area (Å²) in [5, 5.41) is 13.0. The summed E-state index contributed by atoms with van der Waals surface area (Å²) in [6.07, 6.45) is 0. The van der Waals surface area contributed by atoms with Crippen LogP contribution in [-0.4, -0.2) is 41.1 Å². The molecule has 2 N–H and O–H groups in total. The van der Waals surface area contributed by atoms with E-state index in [2.05, 4.69) is 5.32 Å². The number of nitrogens with zero attached hydrogens (tertiary/aromatic N) is 1. The van der Waals surface area contributed by atoms with Gasteiger partial charge in [0.15, 0.2) is 0 Å². The van der Waals surface area contributed by atoms with E-state index in [9.17, 15) is 14.3 Å². The van der Waals surface area contributed by atoms with Crippen molar-refractivity contribution >= 4 is 5.91 Å². The SMILES string of the molecule is CC(NC(=O)CN1CC(O)(C(C)C)C1)c1ccc(F)cc1. The molecule has 1 heterocycles. The first kappa shape index (κ1) is 15.9. The molecule has 1 aliphatic rings. The van der Waals surface area contributed by atoms with Crippen molar-refractivity contribution < 1.29 is 14.3 Å². The quantitative estimate of drug-likeness (QED) is 0.869. The lowest BCUT2D eigenvalue weighted by molar-refractivity contribution is -0.142. The molecule has 1 aliphatic heterocycles. The maximum absolute atomic E-state index is 12.9. The molecule has 0 aliphatic carbocycles. The lowest BCUT2D eigenvalue weighted by Crippen LogP contribution is -2.65. The van der Waals surface area contributed by atoms with Crippen LogP contribution >= 0.6 is 0 Å². The van der Waals surface area contributed by atoms with Crippen molar-refractivity contribution in [2.75, 3.05) is 19.6 Å². The van der Waals surface area contributed by atoms with Crippen LogP contribution in [0.2, 0.25) is 0 Å². The van der Waals surface area contributed by atoms with Crippen LogP contribution in [-0.2, 0) is 4.79 Å². The van der Waals surface area contributed by atoms with Crippen molar-refractivity contribution in [1.29, 1.82) is 0 Å². The van der Waals surface area contributed by atoms with Gasteiger partial charge < -0.3 is 10.4 Å². The Hall–Kier alpha value is -1.46. The highest BCUT2D eigenvalue weighted by atomic mass is 19.1. The molecule has 4 nitrogen and oxygen atoms in total. The highest BCUT2D eigenvalue weighted by Gasteiger charge is 2.43. The monoisotopic (exact) mass is 294 g/mol. The van der Waals surface area contributed by atoms with Crippen molar-refractivity contribution in [2.45, 2.75) is 32.4 Å². The van der Waals surface area contributed by atoms with Crippen LogP contribution in [0.3, 0.4) is 0 Å². The van der Waals surface area contributed by atoms with Crippen LogP contribution in [0, 0.1) is 11.7 Å². The molecule has 0 aromatic heterocycles. The van der Waals surface area contributed by atoms with Crippen LogP contribution in [0.5, 0.6) is 0 Å². The van der Waals surface area contributed by atoms with Gasteiger partial charge in [-0.1, -0.05) is 26.0 Å². The average Bonchev–Trinajstić information content (AvgIpc) is 2.37. The van der Waals surface area contributed by atoms with Crippen molar-refractivity contribution in [3.8, 4) is 0 Å². The Balaban J connectivity index is 1.79. The van der Waals surface area contributed by atoms with E-state index in [1.807, 2.05) is 25.7 Å². The zero-order valence-corrected chi connectivity index (χ0v) is 12.8. The summed E-state index contributed by atoms with van der Waals surface area (Å²) in [7, 11) is 0. The van der Waals surface area contributed by atoms with Crippen LogP contribution in [0.25, 0.3) is 0 Å². The third-order valence-corrected chi connectivity index (χ3v) is 4.18. The molecule has 1 aromatic rings. The van der Waals surface area contributed by atoms with Gasteiger partial charge >= 0.3 is 0 Å². The summed E-state index contributed by atoms with van der Waals surface area (Å²) in [5.74, 6) is -0.182. The number of hydrogen-bond acceptors (Lipinski definition) is 3. The molecule has 1 amide bonds. The highest BCUT2D eigenvalue weighted by molar-refractivity contribution is 5.78. The van der Waals surface area contributed by atoms with Crippen molar-refractivity contribution in [3.63, 3.8) is 0 Å². The number of β-amino-alcohol motifs (C(OH)–C–C–N with tert-alkyl or cyclic N) is 1. The fourth-order valence-electron chi connectivity index (χ4n) is 2.53. The summed E-state index contributed by atoms with van der Waals surface area (Å²) >= 11 is 0. The van der Waals surface area contributed by atoms with E-state index < -0.39 is 5.60 Å². The van der Waals surface area contributed by atoms with E-state index >= 15 is 0 Å².